The zero-order valence-corrected chi connectivity index (χ0v) is 12.4. The number of amides is 1. The lowest BCUT2D eigenvalue weighted by Gasteiger charge is -2.35. The number of piperidine rings is 1. The lowest BCUT2D eigenvalue weighted by atomic mass is 9.93. The molecule has 1 fully saturated rings. The number of rotatable bonds is 2. The molecule has 1 N–H and O–H groups in total. The maximum atomic E-state index is 12.4. The summed E-state index contributed by atoms with van der Waals surface area (Å²) in [5, 5.41) is 12.3. The van der Waals surface area contributed by atoms with Crippen LogP contribution in [-0.4, -0.2) is 34.6 Å². The van der Waals surface area contributed by atoms with Crippen molar-refractivity contribution in [2.75, 3.05) is 13.1 Å². The molecule has 0 atom stereocenters. The van der Waals surface area contributed by atoms with Crippen molar-refractivity contribution in [2.45, 2.75) is 31.8 Å². The number of hydrogen-bond acceptors (Lipinski definition) is 2. The van der Waals surface area contributed by atoms with E-state index in [1.807, 2.05) is 30.0 Å². The molecule has 0 aromatic heterocycles. The average Bonchev–Trinajstić information content (AvgIpc) is 2.47. The third-order valence-electron chi connectivity index (χ3n) is 4.36. The highest BCUT2D eigenvalue weighted by Gasteiger charge is 2.29. The second-order valence-electron chi connectivity index (χ2n) is 6.24. The Labute approximate surface area is 125 Å². The van der Waals surface area contributed by atoms with Gasteiger partial charge in [-0.2, -0.15) is 0 Å². The van der Waals surface area contributed by atoms with Gasteiger partial charge in [-0.1, -0.05) is 42.5 Å². The Hall–Kier alpha value is -1.87. The number of carbonyl (C=O) groups is 1. The molecule has 2 aromatic rings. The van der Waals surface area contributed by atoms with Gasteiger partial charge < -0.3 is 10.0 Å². The molecule has 1 aliphatic heterocycles. The minimum absolute atomic E-state index is 0.154. The van der Waals surface area contributed by atoms with Crippen molar-refractivity contribution in [2.24, 2.45) is 0 Å². The summed E-state index contributed by atoms with van der Waals surface area (Å²) in [6.45, 7) is 3.15. The van der Waals surface area contributed by atoms with E-state index in [1.54, 1.807) is 0 Å². The maximum absolute atomic E-state index is 12.4. The number of hydrogen-bond donors (Lipinski definition) is 1. The lowest BCUT2D eigenvalue weighted by Crippen LogP contribution is -2.45. The van der Waals surface area contributed by atoms with Crippen molar-refractivity contribution in [3.63, 3.8) is 0 Å². The molecular weight excluding hydrogens is 262 g/mol. The number of aliphatic hydroxyl groups is 1. The van der Waals surface area contributed by atoms with Crippen molar-refractivity contribution in [3.05, 3.63) is 48.0 Å². The summed E-state index contributed by atoms with van der Waals surface area (Å²) in [5.74, 6) is 0.154. The van der Waals surface area contributed by atoms with Crippen LogP contribution in [0.2, 0.25) is 0 Å². The van der Waals surface area contributed by atoms with Gasteiger partial charge in [0.1, 0.15) is 0 Å². The van der Waals surface area contributed by atoms with E-state index in [0.29, 0.717) is 32.4 Å². The fourth-order valence-corrected chi connectivity index (χ4v) is 2.87. The van der Waals surface area contributed by atoms with Crippen LogP contribution < -0.4 is 0 Å². The molecule has 0 unspecified atom stereocenters. The van der Waals surface area contributed by atoms with Crippen molar-refractivity contribution >= 4 is 16.7 Å². The quantitative estimate of drug-likeness (QED) is 0.920. The second kappa shape index (κ2) is 5.49. The fourth-order valence-electron chi connectivity index (χ4n) is 2.87. The molecule has 0 spiro atoms. The van der Waals surface area contributed by atoms with Crippen LogP contribution in [0.15, 0.2) is 42.5 Å². The first-order valence-electron chi connectivity index (χ1n) is 7.51. The van der Waals surface area contributed by atoms with Crippen LogP contribution in [0.1, 0.15) is 25.3 Å². The Bertz CT molecular complexity index is 653. The van der Waals surface area contributed by atoms with Gasteiger partial charge in [0.05, 0.1) is 12.0 Å². The van der Waals surface area contributed by atoms with Gasteiger partial charge in [0.2, 0.25) is 5.91 Å². The van der Waals surface area contributed by atoms with Gasteiger partial charge in [-0.3, -0.25) is 4.79 Å². The van der Waals surface area contributed by atoms with Crippen LogP contribution in [0.4, 0.5) is 0 Å². The summed E-state index contributed by atoms with van der Waals surface area (Å²) in [6, 6.07) is 14.4. The lowest BCUT2D eigenvalue weighted by molar-refractivity contribution is -0.134. The molecule has 110 valence electrons. The third-order valence-corrected chi connectivity index (χ3v) is 4.36. The van der Waals surface area contributed by atoms with E-state index in [4.69, 9.17) is 0 Å². The highest BCUT2D eigenvalue weighted by molar-refractivity contribution is 5.85. The third kappa shape index (κ3) is 3.24. The van der Waals surface area contributed by atoms with E-state index in [-0.39, 0.29) is 5.91 Å². The van der Waals surface area contributed by atoms with Crippen LogP contribution >= 0.6 is 0 Å². The highest BCUT2D eigenvalue weighted by atomic mass is 16.3. The van der Waals surface area contributed by atoms with Crippen LogP contribution in [-0.2, 0) is 11.2 Å². The fraction of sp³-hybridized carbons (Fsp3) is 0.389. The monoisotopic (exact) mass is 283 g/mol. The van der Waals surface area contributed by atoms with Crippen molar-refractivity contribution in [1.82, 2.24) is 4.90 Å². The standard InChI is InChI=1S/C18H21NO2/c1-18(21)8-10-19(11-9-18)17(20)13-14-6-7-15-4-2-3-5-16(15)12-14/h2-7,12,21H,8-11,13H2,1H3. The van der Waals surface area contributed by atoms with Crippen molar-refractivity contribution < 1.29 is 9.90 Å². The summed E-state index contributed by atoms with van der Waals surface area (Å²) < 4.78 is 0. The minimum Gasteiger partial charge on any atom is -0.390 e. The Balaban J connectivity index is 1.69. The molecule has 3 heteroatoms. The van der Waals surface area contributed by atoms with Crippen LogP contribution in [0.3, 0.4) is 0 Å². The Morgan fingerprint density at radius 2 is 1.81 bits per heavy atom. The zero-order valence-electron chi connectivity index (χ0n) is 12.4. The summed E-state index contributed by atoms with van der Waals surface area (Å²) >= 11 is 0. The highest BCUT2D eigenvalue weighted by Crippen LogP contribution is 2.22. The zero-order chi connectivity index (χ0) is 14.9. The summed E-state index contributed by atoms with van der Waals surface area (Å²) in [7, 11) is 0. The number of fused-ring (bicyclic) bond motifs is 1. The normalized spacial score (nSPS) is 17.9. The van der Waals surface area contributed by atoms with E-state index in [1.165, 1.54) is 10.8 Å². The molecule has 1 amide bonds. The smallest absolute Gasteiger partial charge is 0.226 e. The summed E-state index contributed by atoms with van der Waals surface area (Å²) in [6.07, 6.45) is 1.76. The molecule has 0 saturated carbocycles. The van der Waals surface area contributed by atoms with Gasteiger partial charge in [-0.05, 0) is 36.1 Å². The molecule has 21 heavy (non-hydrogen) atoms. The van der Waals surface area contributed by atoms with Gasteiger partial charge in [-0.15, -0.1) is 0 Å². The van der Waals surface area contributed by atoms with Crippen molar-refractivity contribution in [1.29, 1.82) is 0 Å². The molecular formula is C18H21NO2. The Morgan fingerprint density at radius 1 is 1.14 bits per heavy atom. The molecule has 0 bridgehead atoms. The maximum Gasteiger partial charge on any atom is 0.226 e. The molecule has 1 aliphatic rings. The van der Waals surface area contributed by atoms with Gasteiger partial charge in [0, 0.05) is 13.1 Å². The molecule has 1 saturated heterocycles. The van der Waals surface area contributed by atoms with E-state index in [9.17, 15) is 9.90 Å². The molecule has 0 aliphatic carbocycles. The van der Waals surface area contributed by atoms with Crippen LogP contribution in [0.25, 0.3) is 10.8 Å². The SMILES string of the molecule is CC1(O)CCN(C(=O)Cc2ccc3ccccc3c2)CC1. The van der Waals surface area contributed by atoms with Crippen molar-refractivity contribution in [3.8, 4) is 0 Å². The number of carbonyl (C=O) groups excluding carboxylic acids is 1. The van der Waals surface area contributed by atoms with Gasteiger partial charge in [0.15, 0.2) is 0 Å². The number of nitrogens with zero attached hydrogens (tertiary/aromatic N) is 1. The Morgan fingerprint density at radius 3 is 2.52 bits per heavy atom. The predicted molar refractivity (Wildman–Crippen MR) is 84.1 cm³/mol. The van der Waals surface area contributed by atoms with Gasteiger partial charge in [-0.25, -0.2) is 0 Å². The first-order chi connectivity index (χ1) is 10.0. The van der Waals surface area contributed by atoms with E-state index in [0.717, 1.165) is 5.56 Å². The topological polar surface area (TPSA) is 40.5 Å². The first-order valence-corrected chi connectivity index (χ1v) is 7.51. The molecule has 3 nitrogen and oxygen atoms in total. The van der Waals surface area contributed by atoms with Crippen LogP contribution in [0.5, 0.6) is 0 Å². The predicted octanol–water partition coefficient (Wildman–Crippen LogP) is 2.76. The minimum atomic E-state index is -0.611. The van der Waals surface area contributed by atoms with E-state index in [2.05, 4.69) is 24.3 Å². The first kappa shape index (κ1) is 14.1. The number of likely N-dealkylation sites (tertiary alicyclic amines) is 1. The van der Waals surface area contributed by atoms with E-state index < -0.39 is 5.60 Å². The molecule has 1 heterocycles. The largest absolute Gasteiger partial charge is 0.390 e. The molecule has 3 rings (SSSR count). The number of benzene rings is 2. The van der Waals surface area contributed by atoms with E-state index >= 15 is 0 Å². The van der Waals surface area contributed by atoms with Crippen LogP contribution in [0, 0.1) is 0 Å². The average molecular weight is 283 g/mol. The summed E-state index contributed by atoms with van der Waals surface area (Å²) in [5.41, 5.74) is 0.441. The van der Waals surface area contributed by atoms with Gasteiger partial charge >= 0.3 is 0 Å². The Kier molecular flexibility index (Phi) is 3.68. The molecule has 0 radical (unpaired) electrons. The summed E-state index contributed by atoms with van der Waals surface area (Å²) in [4.78, 5) is 14.2. The molecule has 2 aromatic carbocycles. The van der Waals surface area contributed by atoms with Gasteiger partial charge in [0.25, 0.3) is 0 Å². The second-order valence-corrected chi connectivity index (χ2v) is 6.24.